The highest BCUT2D eigenvalue weighted by atomic mass is 35.5. The second kappa shape index (κ2) is 15.6. The van der Waals surface area contributed by atoms with Crippen molar-refractivity contribution in [2.75, 3.05) is 52.2 Å². The van der Waals surface area contributed by atoms with Crippen LogP contribution in [0.5, 0.6) is 5.75 Å². The summed E-state index contributed by atoms with van der Waals surface area (Å²) in [6, 6.07) is 3.27. The van der Waals surface area contributed by atoms with E-state index in [4.69, 9.17) is 37.0 Å². The summed E-state index contributed by atoms with van der Waals surface area (Å²) < 4.78 is 10.9. The monoisotopic (exact) mass is 594 g/mol. The maximum absolute atomic E-state index is 12.8. The van der Waals surface area contributed by atoms with Crippen molar-refractivity contribution in [3.63, 3.8) is 0 Å². The SMILES string of the molecule is COc1cc(N)c(Cl)cc1C(=O)NC1CCN(CC2CCN(C(=O)[C@H]3CCCO3)CC2)CC1.O=C(O)/C=C/C(=O)O. The van der Waals surface area contributed by atoms with Crippen molar-refractivity contribution in [3.05, 3.63) is 34.9 Å². The predicted octanol–water partition coefficient (Wildman–Crippen LogP) is 2.25. The fourth-order valence-electron chi connectivity index (χ4n) is 5.26. The van der Waals surface area contributed by atoms with Gasteiger partial charge in [-0.2, -0.15) is 0 Å². The van der Waals surface area contributed by atoms with E-state index in [1.165, 1.54) is 7.11 Å². The Morgan fingerprint density at radius 3 is 2.22 bits per heavy atom. The van der Waals surface area contributed by atoms with Gasteiger partial charge in [0.1, 0.15) is 11.9 Å². The van der Waals surface area contributed by atoms with Gasteiger partial charge in [0.15, 0.2) is 0 Å². The van der Waals surface area contributed by atoms with Gasteiger partial charge >= 0.3 is 11.9 Å². The molecule has 0 radical (unpaired) electrons. The van der Waals surface area contributed by atoms with Crippen molar-refractivity contribution < 1.29 is 38.9 Å². The molecule has 1 aromatic rings. The van der Waals surface area contributed by atoms with Crippen molar-refractivity contribution in [3.8, 4) is 5.75 Å². The number of hydrogen-bond acceptors (Lipinski definition) is 8. The molecule has 0 unspecified atom stereocenters. The van der Waals surface area contributed by atoms with Gasteiger partial charge in [-0.3, -0.25) is 9.59 Å². The summed E-state index contributed by atoms with van der Waals surface area (Å²) in [5, 5.41) is 19.1. The molecule has 3 heterocycles. The molecule has 0 spiro atoms. The summed E-state index contributed by atoms with van der Waals surface area (Å²) in [6.45, 7) is 5.36. The number of amides is 2. The van der Waals surface area contributed by atoms with Crippen LogP contribution >= 0.6 is 11.6 Å². The molecule has 3 saturated heterocycles. The minimum Gasteiger partial charge on any atom is -0.496 e. The van der Waals surface area contributed by atoms with E-state index in [2.05, 4.69) is 10.2 Å². The van der Waals surface area contributed by atoms with E-state index in [9.17, 15) is 19.2 Å². The molecular formula is C28H39ClN4O8. The number of nitrogens with zero attached hydrogens (tertiary/aromatic N) is 2. The molecule has 13 heteroatoms. The molecular weight excluding hydrogens is 556 g/mol. The third-order valence-electron chi connectivity index (χ3n) is 7.50. The Kier molecular flexibility index (Phi) is 12.2. The summed E-state index contributed by atoms with van der Waals surface area (Å²) in [5.74, 6) is -1.47. The molecule has 2 amide bonds. The molecule has 12 nitrogen and oxygen atoms in total. The number of benzene rings is 1. The molecule has 3 fully saturated rings. The number of halogens is 1. The molecule has 0 aliphatic carbocycles. The second-order valence-corrected chi connectivity index (χ2v) is 10.8. The van der Waals surface area contributed by atoms with E-state index >= 15 is 0 Å². The van der Waals surface area contributed by atoms with Gasteiger partial charge in [0.2, 0.25) is 0 Å². The number of nitrogen functional groups attached to an aromatic ring is 1. The molecule has 0 bridgehead atoms. The maximum Gasteiger partial charge on any atom is 0.328 e. The number of rotatable bonds is 8. The van der Waals surface area contributed by atoms with Gasteiger partial charge in [0.05, 0.1) is 23.4 Å². The number of piperidine rings is 2. The predicted molar refractivity (Wildman–Crippen MR) is 152 cm³/mol. The molecule has 1 aromatic carbocycles. The van der Waals surface area contributed by atoms with Crippen LogP contribution in [0.15, 0.2) is 24.3 Å². The fraction of sp³-hybridized carbons (Fsp3) is 0.571. The lowest BCUT2D eigenvalue weighted by Gasteiger charge is -2.38. The van der Waals surface area contributed by atoms with Crippen LogP contribution in [0.2, 0.25) is 5.02 Å². The second-order valence-electron chi connectivity index (χ2n) is 10.4. The minimum atomic E-state index is -1.26. The molecule has 4 rings (SSSR count). The first kappa shape index (κ1) is 32.2. The van der Waals surface area contributed by atoms with E-state index in [1.54, 1.807) is 12.1 Å². The molecule has 0 aromatic heterocycles. The van der Waals surface area contributed by atoms with Crippen LogP contribution in [0.25, 0.3) is 0 Å². The lowest BCUT2D eigenvalue weighted by Crippen LogP contribution is -2.48. The van der Waals surface area contributed by atoms with Crippen molar-refractivity contribution in [2.45, 2.75) is 50.7 Å². The lowest BCUT2D eigenvalue weighted by atomic mass is 9.94. The average molecular weight is 595 g/mol. The average Bonchev–Trinajstić information content (AvgIpc) is 3.50. The molecule has 41 heavy (non-hydrogen) atoms. The number of anilines is 1. The zero-order chi connectivity index (χ0) is 29.9. The number of carboxylic acids is 2. The van der Waals surface area contributed by atoms with Crippen LogP contribution in [-0.2, 0) is 19.1 Å². The highest BCUT2D eigenvalue weighted by Gasteiger charge is 2.32. The topological polar surface area (TPSA) is 172 Å². The van der Waals surface area contributed by atoms with Gasteiger partial charge in [-0.15, -0.1) is 0 Å². The number of hydrogen-bond donors (Lipinski definition) is 4. The molecule has 1 atom stereocenters. The number of carbonyl (C=O) groups is 4. The van der Waals surface area contributed by atoms with Crippen LogP contribution in [0.4, 0.5) is 5.69 Å². The Morgan fingerprint density at radius 2 is 1.68 bits per heavy atom. The summed E-state index contributed by atoms with van der Waals surface area (Å²) in [4.78, 5) is 48.9. The lowest BCUT2D eigenvalue weighted by molar-refractivity contribution is -0.142. The maximum atomic E-state index is 12.8. The van der Waals surface area contributed by atoms with Gasteiger partial charge in [0, 0.05) is 63.6 Å². The van der Waals surface area contributed by atoms with Gasteiger partial charge in [-0.1, -0.05) is 11.6 Å². The molecule has 3 aliphatic rings. The standard InChI is InChI=1S/C24H35ClN4O4.C4H4O4/c1-32-22-14-20(26)19(25)13-18(22)23(30)27-17-6-8-28(9-7-17)15-16-4-10-29(11-5-16)24(31)21-3-2-12-33-21;5-3(6)1-2-4(7)8/h13-14,16-17,21H,2-12,15,26H2,1H3,(H,27,30);1-2H,(H,5,6)(H,7,8)/b;2-1+/t21-;/m1./s1. The van der Waals surface area contributed by atoms with Gasteiger partial charge < -0.3 is 40.5 Å². The molecule has 5 N–H and O–H groups in total. The summed E-state index contributed by atoms with van der Waals surface area (Å²) in [6.07, 6.45) is 6.68. The van der Waals surface area contributed by atoms with Crippen molar-refractivity contribution in [1.82, 2.24) is 15.1 Å². The normalized spacial score (nSPS) is 20.3. The van der Waals surface area contributed by atoms with Crippen LogP contribution in [0.3, 0.4) is 0 Å². The third kappa shape index (κ3) is 9.91. The van der Waals surface area contributed by atoms with E-state index < -0.39 is 11.9 Å². The number of aliphatic carboxylic acids is 2. The van der Waals surface area contributed by atoms with Crippen LogP contribution < -0.4 is 15.8 Å². The molecule has 226 valence electrons. The van der Waals surface area contributed by atoms with Crippen molar-refractivity contribution >= 4 is 41.0 Å². The molecule has 0 saturated carbocycles. The summed E-state index contributed by atoms with van der Waals surface area (Å²) in [5.41, 5.74) is 6.61. The first-order valence-electron chi connectivity index (χ1n) is 13.8. The number of likely N-dealkylation sites (tertiary alicyclic amines) is 2. The number of nitrogens with two attached hydrogens (primary N) is 1. The fourth-order valence-corrected chi connectivity index (χ4v) is 5.42. The number of carboxylic acid groups (broad SMARTS) is 2. The minimum absolute atomic E-state index is 0.126. The number of carbonyl (C=O) groups excluding carboxylic acids is 2. The Labute approximate surface area is 244 Å². The van der Waals surface area contributed by atoms with Gasteiger partial charge in [-0.05, 0) is 50.5 Å². The van der Waals surface area contributed by atoms with E-state index in [1.807, 2.05) is 4.90 Å². The van der Waals surface area contributed by atoms with E-state index in [-0.39, 0.29) is 24.0 Å². The largest absolute Gasteiger partial charge is 0.496 e. The summed E-state index contributed by atoms with van der Waals surface area (Å²) in [7, 11) is 1.51. The molecule has 3 aliphatic heterocycles. The zero-order valence-electron chi connectivity index (χ0n) is 23.2. The Hall–Kier alpha value is -3.35. The Bertz CT molecular complexity index is 1090. The van der Waals surface area contributed by atoms with Crippen LogP contribution in [0.1, 0.15) is 48.9 Å². The van der Waals surface area contributed by atoms with Gasteiger partial charge in [-0.25, -0.2) is 9.59 Å². The first-order chi connectivity index (χ1) is 19.6. The summed E-state index contributed by atoms with van der Waals surface area (Å²) >= 11 is 6.11. The highest BCUT2D eigenvalue weighted by Crippen LogP contribution is 2.29. The van der Waals surface area contributed by atoms with E-state index in [0.29, 0.717) is 46.7 Å². The zero-order valence-corrected chi connectivity index (χ0v) is 24.0. The Morgan fingerprint density at radius 1 is 1.05 bits per heavy atom. The van der Waals surface area contributed by atoms with Crippen LogP contribution in [-0.4, -0.2) is 102 Å². The number of nitrogens with one attached hydrogen (secondary N) is 1. The smallest absolute Gasteiger partial charge is 0.328 e. The quantitative estimate of drug-likeness (QED) is 0.258. The first-order valence-corrected chi connectivity index (χ1v) is 14.2. The van der Waals surface area contributed by atoms with Crippen molar-refractivity contribution in [1.29, 1.82) is 0 Å². The number of ether oxygens (including phenoxy) is 2. The third-order valence-corrected chi connectivity index (χ3v) is 7.83. The van der Waals surface area contributed by atoms with Crippen LogP contribution in [0, 0.1) is 5.92 Å². The van der Waals surface area contributed by atoms with Crippen molar-refractivity contribution in [2.24, 2.45) is 5.92 Å². The van der Waals surface area contributed by atoms with E-state index in [0.717, 1.165) is 71.2 Å². The number of methoxy groups -OCH3 is 1. The Balaban J connectivity index is 0.000000507. The highest BCUT2D eigenvalue weighted by molar-refractivity contribution is 6.33. The van der Waals surface area contributed by atoms with Gasteiger partial charge in [0.25, 0.3) is 11.8 Å².